The lowest BCUT2D eigenvalue weighted by molar-refractivity contribution is -0.0548. The van der Waals surface area contributed by atoms with Crippen LogP contribution in [0.3, 0.4) is 0 Å². The fourth-order valence-electron chi connectivity index (χ4n) is 0.925. The number of hydrogen-bond acceptors (Lipinski definition) is 8. The summed E-state index contributed by atoms with van der Waals surface area (Å²) in [5.41, 5.74) is 19.8. The second-order valence-electron chi connectivity index (χ2n) is 3.50. The lowest BCUT2D eigenvalue weighted by atomic mass is 10.0. The number of rotatable bonds is 7. The number of aliphatic hydroxyl groups is 4. The van der Waals surface area contributed by atoms with E-state index in [1.165, 1.54) is 0 Å². The highest BCUT2D eigenvalue weighted by Gasteiger charge is 2.27. The van der Waals surface area contributed by atoms with E-state index in [0.717, 1.165) is 6.21 Å². The molecule has 0 aliphatic carbocycles. The van der Waals surface area contributed by atoms with Crippen molar-refractivity contribution in [3.63, 3.8) is 0 Å². The quantitative estimate of drug-likeness (QED) is 0.128. The zero-order chi connectivity index (χ0) is 15.7. The molecule has 3 atom stereocenters. The van der Waals surface area contributed by atoms with Gasteiger partial charge < -0.3 is 43.4 Å². The van der Waals surface area contributed by atoms with E-state index in [-0.39, 0.29) is 11.7 Å². The highest BCUT2D eigenvalue weighted by atomic mass is 16.4. The van der Waals surface area contributed by atoms with Crippen LogP contribution in [0.1, 0.15) is 0 Å². The maximum absolute atomic E-state index is 9.75. The molecule has 0 radical (unpaired) electrons. The Balaban J connectivity index is 5.22. The molecule has 0 rings (SSSR count). The van der Waals surface area contributed by atoms with Crippen LogP contribution in [-0.4, -0.2) is 69.2 Å². The van der Waals surface area contributed by atoms with Gasteiger partial charge in [0.05, 0.1) is 12.8 Å². The van der Waals surface area contributed by atoms with E-state index < -0.39 is 30.9 Å². The lowest BCUT2D eigenvalue weighted by Crippen LogP contribution is -2.44. The van der Waals surface area contributed by atoms with E-state index in [1.807, 2.05) is 0 Å². The Kier molecular flexibility index (Phi) is 7.76. The van der Waals surface area contributed by atoms with Gasteiger partial charge in [0, 0.05) is 0 Å². The van der Waals surface area contributed by atoms with Gasteiger partial charge in [-0.05, 0) is 0 Å². The highest BCUT2D eigenvalue weighted by Crippen LogP contribution is 2.02. The number of nitrogens with zero attached hydrogens (tertiary/aromatic N) is 4. The first-order valence-corrected chi connectivity index (χ1v) is 5.23. The van der Waals surface area contributed by atoms with Crippen LogP contribution in [0.4, 0.5) is 0 Å². The Labute approximate surface area is 113 Å². The zero-order valence-corrected chi connectivity index (χ0v) is 10.4. The third kappa shape index (κ3) is 6.60. The highest BCUT2D eigenvalue weighted by molar-refractivity contribution is 6.32. The van der Waals surface area contributed by atoms with Crippen LogP contribution in [0.5, 0.6) is 0 Å². The molecular weight excluding hydrogens is 272 g/mol. The van der Waals surface area contributed by atoms with Gasteiger partial charge >= 0.3 is 0 Å². The van der Waals surface area contributed by atoms with Crippen molar-refractivity contribution >= 4 is 23.8 Å². The van der Waals surface area contributed by atoms with Crippen LogP contribution in [0.25, 0.3) is 0 Å². The Morgan fingerprint density at radius 2 is 1.50 bits per heavy atom. The maximum Gasteiger partial charge on any atom is 0.211 e. The van der Waals surface area contributed by atoms with Gasteiger partial charge in [0.2, 0.25) is 11.9 Å². The van der Waals surface area contributed by atoms with Crippen molar-refractivity contribution in [2.45, 2.75) is 18.3 Å². The molecule has 0 amide bonds. The molecule has 0 saturated heterocycles. The van der Waals surface area contributed by atoms with Crippen molar-refractivity contribution in [3.05, 3.63) is 0 Å². The molecule has 0 aliphatic heterocycles. The lowest BCUT2D eigenvalue weighted by Gasteiger charge is -2.20. The fourth-order valence-corrected chi connectivity index (χ4v) is 0.925. The molecule has 20 heavy (non-hydrogen) atoms. The van der Waals surface area contributed by atoms with Gasteiger partial charge in [-0.25, -0.2) is 0 Å². The molecule has 12 heteroatoms. The van der Waals surface area contributed by atoms with Crippen LogP contribution < -0.4 is 22.9 Å². The molecule has 0 aliphatic rings. The van der Waals surface area contributed by atoms with Crippen LogP contribution in [0.2, 0.25) is 0 Å². The van der Waals surface area contributed by atoms with Gasteiger partial charge in [-0.3, -0.25) is 0 Å². The number of aliphatic hydroxyl groups excluding tert-OH is 4. The first kappa shape index (κ1) is 17.7. The molecule has 0 heterocycles. The molecule has 0 aromatic heterocycles. The first-order valence-electron chi connectivity index (χ1n) is 5.23. The van der Waals surface area contributed by atoms with Crippen molar-refractivity contribution in [2.75, 3.05) is 6.61 Å². The fraction of sp³-hybridized carbons (Fsp3) is 0.500. The summed E-state index contributed by atoms with van der Waals surface area (Å²) in [5.74, 6) is -0.769. The molecule has 0 aromatic rings. The van der Waals surface area contributed by atoms with E-state index in [4.69, 9.17) is 28.0 Å². The SMILES string of the molecule is NC(N)=N/N=C(/C=N/N=C(N)N)[C@@H](O)[C@@H](O)[C@@H](O)CO. The Hall–Kier alpha value is -2.28. The monoisotopic (exact) mass is 290 g/mol. The topological polar surface area (TPSA) is 234 Å². The summed E-state index contributed by atoms with van der Waals surface area (Å²) < 4.78 is 0. The normalized spacial score (nSPS) is 16.5. The molecular formula is C8H18N8O4. The van der Waals surface area contributed by atoms with Crippen molar-refractivity contribution in [1.29, 1.82) is 0 Å². The summed E-state index contributed by atoms with van der Waals surface area (Å²) in [6, 6.07) is 0. The van der Waals surface area contributed by atoms with Gasteiger partial charge in [-0.1, -0.05) is 0 Å². The summed E-state index contributed by atoms with van der Waals surface area (Å²) in [6.45, 7) is -0.779. The smallest absolute Gasteiger partial charge is 0.211 e. The van der Waals surface area contributed by atoms with Gasteiger partial charge in [-0.15, -0.1) is 15.3 Å². The van der Waals surface area contributed by atoms with E-state index in [9.17, 15) is 15.3 Å². The predicted octanol–water partition coefficient (Wildman–Crippen LogP) is -5.05. The van der Waals surface area contributed by atoms with Crippen molar-refractivity contribution < 1.29 is 20.4 Å². The molecule has 114 valence electrons. The maximum atomic E-state index is 9.75. The summed E-state index contributed by atoms with van der Waals surface area (Å²) in [4.78, 5) is 0. The number of nitrogens with two attached hydrogens (primary N) is 4. The molecule has 12 N–H and O–H groups in total. The molecule has 0 saturated carbocycles. The first-order chi connectivity index (χ1) is 9.29. The Bertz CT molecular complexity index is 413. The van der Waals surface area contributed by atoms with Gasteiger partial charge in [0.15, 0.2) is 0 Å². The minimum atomic E-state index is -1.75. The standard InChI is InChI=1S/C8H18N8O4/c9-7(10)15-13-1-3(14-16-8(11)12)5(19)6(20)4(18)2-17/h1,4-6,17-20H,2H2,(H4,9,10,15)(H4,11,12,16)/b13-1+,14-3-/t4-,5+,6-/m0/s1. The Morgan fingerprint density at radius 3 is 1.95 bits per heavy atom. The predicted molar refractivity (Wildman–Crippen MR) is 72.7 cm³/mol. The Morgan fingerprint density at radius 1 is 0.950 bits per heavy atom. The average Bonchev–Trinajstić information content (AvgIpc) is 2.39. The summed E-state index contributed by atoms with van der Waals surface area (Å²) in [7, 11) is 0. The van der Waals surface area contributed by atoms with Crippen LogP contribution in [-0.2, 0) is 0 Å². The second kappa shape index (κ2) is 8.76. The minimum Gasteiger partial charge on any atom is -0.394 e. The average molecular weight is 290 g/mol. The summed E-state index contributed by atoms with van der Waals surface area (Å²) in [5, 5.41) is 50.5. The molecule has 0 fully saturated rings. The van der Waals surface area contributed by atoms with E-state index in [1.54, 1.807) is 0 Å². The summed E-state index contributed by atoms with van der Waals surface area (Å²) >= 11 is 0. The van der Waals surface area contributed by atoms with Gasteiger partial charge in [0.25, 0.3) is 0 Å². The van der Waals surface area contributed by atoms with Crippen molar-refractivity contribution in [2.24, 2.45) is 43.3 Å². The third-order valence-electron chi connectivity index (χ3n) is 1.85. The second-order valence-corrected chi connectivity index (χ2v) is 3.50. The number of hydrogen-bond donors (Lipinski definition) is 8. The molecule has 0 unspecified atom stereocenters. The minimum absolute atomic E-state index is 0.344. The third-order valence-corrected chi connectivity index (χ3v) is 1.85. The molecule has 12 nitrogen and oxygen atoms in total. The van der Waals surface area contributed by atoms with E-state index in [0.29, 0.717) is 0 Å². The van der Waals surface area contributed by atoms with E-state index >= 15 is 0 Å². The van der Waals surface area contributed by atoms with Crippen LogP contribution >= 0.6 is 0 Å². The largest absolute Gasteiger partial charge is 0.394 e. The summed E-state index contributed by atoms with van der Waals surface area (Å²) in [6.07, 6.45) is -4.23. The molecule has 0 bridgehead atoms. The molecule has 0 spiro atoms. The van der Waals surface area contributed by atoms with Crippen molar-refractivity contribution in [3.8, 4) is 0 Å². The van der Waals surface area contributed by atoms with Crippen molar-refractivity contribution in [1.82, 2.24) is 0 Å². The van der Waals surface area contributed by atoms with Gasteiger partial charge in [0.1, 0.15) is 24.0 Å². The van der Waals surface area contributed by atoms with Crippen LogP contribution in [0.15, 0.2) is 20.4 Å². The number of guanidine groups is 2. The molecule has 0 aromatic carbocycles. The van der Waals surface area contributed by atoms with Crippen LogP contribution in [0, 0.1) is 0 Å². The van der Waals surface area contributed by atoms with E-state index in [2.05, 4.69) is 20.4 Å². The van der Waals surface area contributed by atoms with Gasteiger partial charge in [-0.2, -0.15) is 5.10 Å². The zero-order valence-electron chi connectivity index (χ0n) is 10.4.